The highest BCUT2D eigenvalue weighted by atomic mass is 15.0. The van der Waals surface area contributed by atoms with Crippen LogP contribution in [0, 0.1) is 6.57 Å². The molecule has 2 heterocycles. The minimum atomic E-state index is 0.648. The van der Waals surface area contributed by atoms with Crippen LogP contribution in [0.4, 0.5) is 5.69 Å². The molecular formula is C37H23N3. The van der Waals surface area contributed by atoms with Gasteiger partial charge in [0, 0.05) is 32.9 Å². The number of hydrogen-bond acceptors (Lipinski definition) is 0. The molecule has 0 spiro atoms. The number of rotatable bonds is 3. The van der Waals surface area contributed by atoms with E-state index in [9.17, 15) is 0 Å². The largest absolute Gasteiger partial charge is 0.309 e. The molecule has 6 aromatic carbocycles. The maximum atomic E-state index is 7.32. The molecule has 0 fully saturated rings. The highest BCUT2D eigenvalue weighted by Crippen LogP contribution is 2.38. The molecule has 0 N–H and O–H groups in total. The van der Waals surface area contributed by atoms with E-state index in [1.54, 1.807) is 0 Å². The molecule has 0 saturated carbocycles. The normalized spacial score (nSPS) is 11.5. The smallest absolute Gasteiger partial charge is 0.187 e. The summed E-state index contributed by atoms with van der Waals surface area (Å²) in [5.41, 5.74) is 9.96. The molecule has 8 rings (SSSR count). The third-order valence-electron chi connectivity index (χ3n) is 7.93. The monoisotopic (exact) mass is 509 g/mol. The van der Waals surface area contributed by atoms with Gasteiger partial charge < -0.3 is 9.13 Å². The van der Waals surface area contributed by atoms with Crippen molar-refractivity contribution in [3.63, 3.8) is 0 Å². The van der Waals surface area contributed by atoms with Gasteiger partial charge in [0.25, 0.3) is 0 Å². The third kappa shape index (κ3) is 3.30. The second-order valence-corrected chi connectivity index (χ2v) is 10.1. The number of hydrogen-bond donors (Lipinski definition) is 0. The number of aromatic nitrogens is 2. The van der Waals surface area contributed by atoms with Crippen LogP contribution in [0.5, 0.6) is 0 Å². The number of fused-ring (bicyclic) bond motifs is 6. The standard InChI is InChI=1S/C37H23N3/c1-38-27-17-19-29(20-18-27)39-35-14-8-6-12-31(35)33-23-25(16-22-36(33)39)26-15-21-32-30-11-5-7-13-34(30)40(37(32)24-26)28-9-3-2-4-10-28/h2-24H. The summed E-state index contributed by atoms with van der Waals surface area (Å²) in [6.07, 6.45) is 0. The lowest BCUT2D eigenvalue weighted by atomic mass is 10.0. The van der Waals surface area contributed by atoms with Gasteiger partial charge in [0.15, 0.2) is 5.69 Å². The maximum Gasteiger partial charge on any atom is 0.187 e. The summed E-state index contributed by atoms with van der Waals surface area (Å²) in [4.78, 5) is 3.56. The Morgan fingerprint density at radius 3 is 1.65 bits per heavy atom. The summed E-state index contributed by atoms with van der Waals surface area (Å²) in [6.45, 7) is 7.32. The van der Waals surface area contributed by atoms with E-state index >= 15 is 0 Å². The molecule has 0 amide bonds. The first-order valence-corrected chi connectivity index (χ1v) is 13.4. The van der Waals surface area contributed by atoms with E-state index in [2.05, 4.69) is 129 Å². The Morgan fingerprint density at radius 1 is 0.400 bits per heavy atom. The Bertz CT molecular complexity index is 2260. The van der Waals surface area contributed by atoms with Crippen LogP contribution in [0.2, 0.25) is 0 Å². The summed E-state index contributed by atoms with van der Waals surface area (Å²) in [5, 5.41) is 4.94. The van der Waals surface area contributed by atoms with E-state index in [0.717, 1.165) is 22.4 Å². The minimum absolute atomic E-state index is 0.648. The van der Waals surface area contributed by atoms with E-state index in [-0.39, 0.29) is 0 Å². The van der Waals surface area contributed by atoms with Gasteiger partial charge in [-0.15, -0.1) is 0 Å². The predicted molar refractivity (Wildman–Crippen MR) is 167 cm³/mol. The van der Waals surface area contributed by atoms with Gasteiger partial charge in [-0.25, -0.2) is 4.85 Å². The fourth-order valence-corrected chi connectivity index (χ4v) is 6.11. The molecule has 2 aromatic heterocycles. The first-order chi connectivity index (χ1) is 19.8. The van der Waals surface area contributed by atoms with Gasteiger partial charge in [-0.1, -0.05) is 84.9 Å². The summed E-state index contributed by atoms with van der Waals surface area (Å²) < 4.78 is 4.66. The lowest BCUT2D eigenvalue weighted by Crippen LogP contribution is -1.93. The lowest BCUT2D eigenvalue weighted by Gasteiger charge is -2.10. The number of para-hydroxylation sites is 3. The van der Waals surface area contributed by atoms with E-state index in [4.69, 9.17) is 6.57 Å². The van der Waals surface area contributed by atoms with Crippen LogP contribution in [-0.2, 0) is 0 Å². The van der Waals surface area contributed by atoms with Crippen molar-refractivity contribution in [2.75, 3.05) is 0 Å². The Kier molecular flexibility index (Phi) is 4.89. The Balaban J connectivity index is 1.36. The van der Waals surface area contributed by atoms with Crippen LogP contribution >= 0.6 is 0 Å². The predicted octanol–water partition coefficient (Wildman–Crippen LogP) is 10.1. The average molecular weight is 510 g/mol. The molecule has 186 valence electrons. The third-order valence-corrected chi connectivity index (χ3v) is 7.93. The van der Waals surface area contributed by atoms with Crippen molar-refractivity contribution < 1.29 is 0 Å². The van der Waals surface area contributed by atoms with E-state index in [1.165, 1.54) is 43.7 Å². The van der Waals surface area contributed by atoms with Crippen LogP contribution in [0.15, 0.2) is 140 Å². The number of nitrogens with zero attached hydrogens (tertiary/aromatic N) is 3. The van der Waals surface area contributed by atoms with Crippen molar-refractivity contribution in [2.45, 2.75) is 0 Å². The molecule has 0 radical (unpaired) electrons. The summed E-state index contributed by atoms with van der Waals surface area (Å²) in [7, 11) is 0. The van der Waals surface area contributed by atoms with Gasteiger partial charge in [0.1, 0.15) is 0 Å². The first kappa shape index (κ1) is 22.4. The molecule has 0 aliphatic heterocycles. The van der Waals surface area contributed by atoms with Gasteiger partial charge in [-0.2, -0.15) is 0 Å². The van der Waals surface area contributed by atoms with Crippen molar-refractivity contribution >= 4 is 49.3 Å². The quantitative estimate of drug-likeness (QED) is 0.210. The van der Waals surface area contributed by atoms with Gasteiger partial charge in [-0.05, 0) is 65.7 Å². The molecule has 0 unspecified atom stereocenters. The zero-order valence-corrected chi connectivity index (χ0v) is 21.6. The van der Waals surface area contributed by atoms with Crippen molar-refractivity contribution in [2.24, 2.45) is 0 Å². The van der Waals surface area contributed by atoms with Crippen LogP contribution in [0.3, 0.4) is 0 Å². The topological polar surface area (TPSA) is 14.2 Å². The Morgan fingerprint density at radius 2 is 0.925 bits per heavy atom. The SMILES string of the molecule is [C-]#[N+]c1ccc(-n2c3ccccc3c3cc(-c4ccc5c6ccccc6n(-c6ccccc6)c5c4)ccc32)cc1. The molecule has 0 bridgehead atoms. The fraction of sp³-hybridized carbons (Fsp3) is 0. The zero-order chi connectivity index (χ0) is 26.6. The van der Waals surface area contributed by atoms with Gasteiger partial charge in [0.2, 0.25) is 0 Å². The lowest BCUT2D eigenvalue weighted by molar-refractivity contribution is 1.18. The Hall–Kier alpha value is -5.59. The van der Waals surface area contributed by atoms with E-state index in [1.807, 2.05) is 24.3 Å². The molecule has 0 aliphatic rings. The maximum absolute atomic E-state index is 7.32. The van der Waals surface area contributed by atoms with Crippen LogP contribution in [0.25, 0.3) is 71.0 Å². The fourth-order valence-electron chi connectivity index (χ4n) is 6.11. The minimum Gasteiger partial charge on any atom is -0.309 e. The van der Waals surface area contributed by atoms with E-state index < -0.39 is 0 Å². The van der Waals surface area contributed by atoms with Crippen LogP contribution in [-0.4, -0.2) is 9.13 Å². The average Bonchev–Trinajstić information content (AvgIpc) is 3.53. The van der Waals surface area contributed by atoms with Crippen molar-refractivity contribution in [3.8, 4) is 22.5 Å². The molecule has 40 heavy (non-hydrogen) atoms. The molecule has 0 saturated heterocycles. The van der Waals surface area contributed by atoms with Gasteiger partial charge >= 0.3 is 0 Å². The molecule has 8 aromatic rings. The summed E-state index contributed by atoms with van der Waals surface area (Å²) in [6, 6.07) is 49.2. The number of benzene rings is 6. The first-order valence-electron chi connectivity index (χ1n) is 13.4. The van der Waals surface area contributed by atoms with Crippen molar-refractivity contribution in [1.29, 1.82) is 0 Å². The second kappa shape index (κ2) is 8.73. The summed E-state index contributed by atoms with van der Waals surface area (Å²) >= 11 is 0. The molecule has 0 atom stereocenters. The highest BCUT2D eigenvalue weighted by Gasteiger charge is 2.15. The van der Waals surface area contributed by atoms with Crippen LogP contribution in [0.1, 0.15) is 0 Å². The van der Waals surface area contributed by atoms with Crippen LogP contribution < -0.4 is 0 Å². The van der Waals surface area contributed by atoms with Gasteiger partial charge in [-0.3, -0.25) is 0 Å². The Labute approximate surface area is 231 Å². The molecule has 3 nitrogen and oxygen atoms in total. The molecule has 0 aliphatic carbocycles. The second-order valence-electron chi connectivity index (χ2n) is 10.1. The highest BCUT2D eigenvalue weighted by molar-refractivity contribution is 6.12. The zero-order valence-electron chi connectivity index (χ0n) is 21.6. The summed E-state index contributed by atoms with van der Waals surface area (Å²) in [5.74, 6) is 0. The van der Waals surface area contributed by atoms with E-state index in [0.29, 0.717) is 5.69 Å². The van der Waals surface area contributed by atoms with Crippen molar-refractivity contribution in [1.82, 2.24) is 9.13 Å². The van der Waals surface area contributed by atoms with Crippen molar-refractivity contribution in [3.05, 3.63) is 151 Å². The molecule has 3 heteroatoms. The molecular weight excluding hydrogens is 486 g/mol. The van der Waals surface area contributed by atoms with Gasteiger partial charge in [0.05, 0.1) is 28.6 Å².